The van der Waals surface area contributed by atoms with Crippen molar-refractivity contribution in [1.82, 2.24) is 9.97 Å². The predicted molar refractivity (Wildman–Crippen MR) is 58.4 cm³/mol. The van der Waals surface area contributed by atoms with Gasteiger partial charge in [-0.25, -0.2) is 9.97 Å². The number of aryl methyl sites for hydroxylation is 2. The molecule has 2 N–H and O–H groups in total. The van der Waals surface area contributed by atoms with Crippen LogP contribution in [0.3, 0.4) is 0 Å². The van der Waals surface area contributed by atoms with Crippen molar-refractivity contribution in [3.8, 4) is 0 Å². The Kier molecular flexibility index (Phi) is 2.04. The highest BCUT2D eigenvalue weighted by atomic mass is 35.5. The number of aromatic nitrogens is 2. The van der Waals surface area contributed by atoms with E-state index in [1.807, 2.05) is 26.0 Å². The second-order valence-corrected chi connectivity index (χ2v) is 3.64. The molecule has 0 radical (unpaired) electrons. The van der Waals surface area contributed by atoms with Crippen molar-refractivity contribution >= 4 is 28.5 Å². The SMILES string of the molecule is Cc1ccc2nc(N)nc(C)c2c1Cl. The Bertz CT molecular complexity index is 508. The summed E-state index contributed by atoms with van der Waals surface area (Å²) in [6.07, 6.45) is 0. The maximum atomic E-state index is 6.16. The van der Waals surface area contributed by atoms with Crippen LogP contribution in [0, 0.1) is 13.8 Å². The van der Waals surface area contributed by atoms with E-state index in [9.17, 15) is 0 Å². The maximum Gasteiger partial charge on any atom is 0.220 e. The molecule has 0 saturated heterocycles. The first-order chi connectivity index (χ1) is 6.59. The van der Waals surface area contributed by atoms with E-state index < -0.39 is 0 Å². The lowest BCUT2D eigenvalue weighted by Gasteiger charge is -2.06. The third-order valence-corrected chi connectivity index (χ3v) is 2.68. The summed E-state index contributed by atoms with van der Waals surface area (Å²) in [5.74, 6) is 0.287. The van der Waals surface area contributed by atoms with Gasteiger partial charge in [0.1, 0.15) is 0 Å². The van der Waals surface area contributed by atoms with E-state index in [0.717, 1.165) is 22.2 Å². The standard InChI is InChI=1S/C10H10ClN3/c1-5-3-4-7-8(9(5)11)6(2)13-10(12)14-7/h3-4H,1-2H3,(H2,12,13,14). The summed E-state index contributed by atoms with van der Waals surface area (Å²) in [4.78, 5) is 8.21. The molecule has 1 heterocycles. The number of benzene rings is 1. The second-order valence-electron chi connectivity index (χ2n) is 3.26. The molecule has 3 nitrogen and oxygen atoms in total. The minimum absolute atomic E-state index is 0.287. The topological polar surface area (TPSA) is 51.8 Å². The zero-order valence-corrected chi connectivity index (χ0v) is 8.76. The van der Waals surface area contributed by atoms with Gasteiger partial charge in [-0.15, -0.1) is 0 Å². The van der Waals surface area contributed by atoms with Crippen molar-refractivity contribution in [2.45, 2.75) is 13.8 Å². The summed E-state index contributed by atoms with van der Waals surface area (Å²) in [7, 11) is 0. The lowest BCUT2D eigenvalue weighted by molar-refractivity contribution is 1.17. The minimum atomic E-state index is 0.287. The molecular weight excluding hydrogens is 198 g/mol. The molecule has 0 aliphatic heterocycles. The third kappa shape index (κ3) is 1.30. The molecule has 14 heavy (non-hydrogen) atoms. The van der Waals surface area contributed by atoms with E-state index in [1.165, 1.54) is 0 Å². The molecule has 0 atom stereocenters. The summed E-state index contributed by atoms with van der Waals surface area (Å²) in [5.41, 5.74) is 8.19. The molecule has 0 aliphatic rings. The number of hydrogen-bond donors (Lipinski definition) is 1. The quantitative estimate of drug-likeness (QED) is 0.722. The van der Waals surface area contributed by atoms with Gasteiger partial charge >= 0.3 is 0 Å². The molecule has 0 unspecified atom stereocenters. The van der Waals surface area contributed by atoms with Gasteiger partial charge in [-0.3, -0.25) is 0 Å². The lowest BCUT2D eigenvalue weighted by Crippen LogP contribution is -1.98. The zero-order chi connectivity index (χ0) is 10.3. The highest BCUT2D eigenvalue weighted by Crippen LogP contribution is 2.27. The van der Waals surface area contributed by atoms with Crippen molar-refractivity contribution in [3.63, 3.8) is 0 Å². The first-order valence-electron chi connectivity index (χ1n) is 4.28. The lowest BCUT2D eigenvalue weighted by atomic mass is 10.1. The van der Waals surface area contributed by atoms with Crippen molar-refractivity contribution in [3.05, 3.63) is 28.4 Å². The first kappa shape index (κ1) is 9.21. The molecule has 1 aromatic carbocycles. The number of rotatable bonds is 0. The molecule has 0 amide bonds. The van der Waals surface area contributed by atoms with Gasteiger partial charge in [0.15, 0.2) is 0 Å². The van der Waals surface area contributed by atoms with Crippen LogP contribution < -0.4 is 5.73 Å². The van der Waals surface area contributed by atoms with Gasteiger partial charge in [0.05, 0.1) is 16.2 Å². The van der Waals surface area contributed by atoms with Crippen LogP contribution >= 0.6 is 11.6 Å². The Morgan fingerprint density at radius 1 is 1.21 bits per heavy atom. The number of nitrogens with zero attached hydrogens (tertiary/aromatic N) is 2. The smallest absolute Gasteiger partial charge is 0.220 e. The molecule has 4 heteroatoms. The van der Waals surface area contributed by atoms with Gasteiger partial charge in [-0.1, -0.05) is 17.7 Å². The van der Waals surface area contributed by atoms with Crippen LogP contribution in [0.2, 0.25) is 5.02 Å². The second kappa shape index (κ2) is 3.10. The average Bonchev–Trinajstić information content (AvgIpc) is 2.10. The largest absolute Gasteiger partial charge is 0.368 e. The van der Waals surface area contributed by atoms with Gasteiger partial charge in [0.25, 0.3) is 0 Å². The molecule has 0 bridgehead atoms. The van der Waals surface area contributed by atoms with Gasteiger partial charge < -0.3 is 5.73 Å². The molecule has 2 rings (SSSR count). The van der Waals surface area contributed by atoms with Crippen molar-refractivity contribution in [1.29, 1.82) is 0 Å². The number of nitrogen functional groups attached to an aromatic ring is 1. The van der Waals surface area contributed by atoms with Gasteiger partial charge in [0, 0.05) is 5.39 Å². The molecule has 0 saturated carbocycles. The fourth-order valence-corrected chi connectivity index (χ4v) is 1.78. The van der Waals surface area contributed by atoms with Crippen LogP contribution in [0.4, 0.5) is 5.95 Å². The van der Waals surface area contributed by atoms with Crippen molar-refractivity contribution in [2.24, 2.45) is 0 Å². The number of fused-ring (bicyclic) bond motifs is 1. The zero-order valence-electron chi connectivity index (χ0n) is 8.00. The van der Waals surface area contributed by atoms with Crippen LogP contribution in [-0.4, -0.2) is 9.97 Å². The molecule has 2 aromatic rings. The highest BCUT2D eigenvalue weighted by Gasteiger charge is 2.07. The Labute approximate surface area is 86.9 Å². The molecule has 0 aliphatic carbocycles. The highest BCUT2D eigenvalue weighted by molar-refractivity contribution is 6.36. The summed E-state index contributed by atoms with van der Waals surface area (Å²) < 4.78 is 0. The van der Waals surface area contributed by atoms with Crippen molar-refractivity contribution in [2.75, 3.05) is 5.73 Å². The Hall–Kier alpha value is -1.35. The number of halogens is 1. The van der Waals surface area contributed by atoms with E-state index in [1.54, 1.807) is 0 Å². The summed E-state index contributed by atoms with van der Waals surface area (Å²) in [6.45, 7) is 3.84. The Morgan fingerprint density at radius 3 is 2.64 bits per heavy atom. The first-order valence-corrected chi connectivity index (χ1v) is 4.66. The van der Waals surface area contributed by atoms with E-state index in [0.29, 0.717) is 5.02 Å². The van der Waals surface area contributed by atoms with Crippen LogP contribution in [0.1, 0.15) is 11.3 Å². The van der Waals surface area contributed by atoms with Gasteiger partial charge in [0.2, 0.25) is 5.95 Å². The molecule has 0 fully saturated rings. The molecule has 1 aromatic heterocycles. The van der Waals surface area contributed by atoms with Crippen LogP contribution in [0.5, 0.6) is 0 Å². The fourth-order valence-electron chi connectivity index (χ4n) is 1.48. The maximum absolute atomic E-state index is 6.16. The number of hydrogen-bond acceptors (Lipinski definition) is 3. The fraction of sp³-hybridized carbons (Fsp3) is 0.200. The van der Waals surface area contributed by atoms with Crippen molar-refractivity contribution < 1.29 is 0 Å². The minimum Gasteiger partial charge on any atom is -0.368 e. The molecular formula is C10H10ClN3. The number of anilines is 1. The molecule has 0 spiro atoms. The van der Waals surface area contributed by atoms with E-state index in [4.69, 9.17) is 17.3 Å². The summed E-state index contributed by atoms with van der Waals surface area (Å²) >= 11 is 6.16. The Morgan fingerprint density at radius 2 is 1.93 bits per heavy atom. The molecule has 72 valence electrons. The van der Waals surface area contributed by atoms with E-state index in [2.05, 4.69) is 9.97 Å². The van der Waals surface area contributed by atoms with Crippen LogP contribution in [0.25, 0.3) is 10.9 Å². The summed E-state index contributed by atoms with van der Waals surface area (Å²) in [6, 6.07) is 3.83. The van der Waals surface area contributed by atoms with Gasteiger partial charge in [-0.2, -0.15) is 0 Å². The van der Waals surface area contributed by atoms with E-state index >= 15 is 0 Å². The third-order valence-electron chi connectivity index (χ3n) is 2.19. The normalized spacial score (nSPS) is 10.8. The number of nitrogens with two attached hydrogens (primary N) is 1. The van der Waals surface area contributed by atoms with Crippen LogP contribution in [0.15, 0.2) is 12.1 Å². The average molecular weight is 208 g/mol. The van der Waals surface area contributed by atoms with E-state index in [-0.39, 0.29) is 5.95 Å². The summed E-state index contributed by atoms with van der Waals surface area (Å²) in [5, 5.41) is 1.60. The predicted octanol–water partition coefficient (Wildman–Crippen LogP) is 2.48. The Balaban J connectivity index is 2.95. The van der Waals surface area contributed by atoms with Gasteiger partial charge in [-0.05, 0) is 25.5 Å². The monoisotopic (exact) mass is 207 g/mol. The van der Waals surface area contributed by atoms with Crippen LogP contribution in [-0.2, 0) is 0 Å².